The Kier molecular flexibility index (Phi) is 4.71. The Balaban J connectivity index is 2.19. The lowest BCUT2D eigenvalue weighted by molar-refractivity contribution is 0.0659. The molecule has 1 amide bonds. The number of pyridine rings is 1. The summed E-state index contributed by atoms with van der Waals surface area (Å²) in [6, 6.07) is 3.14. The first-order valence-electron chi connectivity index (χ1n) is 7.06. The van der Waals surface area contributed by atoms with Crippen molar-refractivity contribution in [2.24, 2.45) is 0 Å². The second kappa shape index (κ2) is 6.50. The van der Waals surface area contributed by atoms with Gasteiger partial charge >= 0.3 is 5.97 Å². The van der Waals surface area contributed by atoms with Crippen LogP contribution >= 0.6 is 0 Å². The molecular weight excluding hydrogens is 256 g/mol. The van der Waals surface area contributed by atoms with E-state index in [0.29, 0.717) is 0 Å². The molecule has 1 saturated carbocycles. The van der Waals surface area contributed by atoms with Crippen LogP contribution in [0.15, 0.2) is 18.3 Å². The maximum absolute atomic E-state index is 12.5. The molecule has 0 atom stereocenters. The average molecular weight is 276 g/mol. The SMILES string of the molecule is CN(C(=O)c1ncccc1C(=O)O)C1CCCCCC1. The highest BCUT2D eigenvalue weighted by atomic mass is 16.4. The first-order valence-corrected chi connectivity index (χ1v) is 7.06. The summed E-state index contributed by atoms with van der Waals surface area (Å²) in [4.78, 5) is 29.3. The van der Waals surface area contributed by atoms with Gasteiger partial charge in [0, 0.05) is 19.3 Å². The number of nitrogens with zero attached hydrogens (tertiary/aromatic N) is 2. The normalized spacial score (nSPS) is 16.4. The Morgan fingerprint density at radius 2 is 1.90 bits per heavy atom. The van der Waals surface area contributed by atoms with E-state index in [1.54, 1.807) is 11.9 Å². The Labute approximate surface area is 118 Å². The zero-order valence-electron chi connectivity index (χ0n) is 11.7. The third-order valence-corrected chi connectivity index (χ3v) is 3.93. The second-order valence-corrected chi connectivity index (χ2v) is 5.27. The molecule has 0 saturated heterocycles. The molecule has 0 bridgehead atoms. The van der Waals surface area contributed by atoms with Crippen LogP contribution in [-0.2, 0) is 0 Å². The van der Waals surface area contributed by atoms with Gasteiger partial charge < -0.3 is 10.0 Å². The van der Waals surface area contributed by atoms with E-state index in [1.807, 2.05) is 0 Å². The number of aromatic carboxylic acids is 1. The predicted molar refractivity (Wildman–Crippen MR) is 74.8 cm³/mol. The van der Waals surface area contributed by atoms with Gasteiger partial charge in [0.15, 0.2) is 0 Å². The van der Waals surface area contributed by atoms with Crippen LogP contribution < -0.4 is 0 Å². The summed E-state index contributed by atoms with van der Waals surface area (Å²) < 4.78 is 0. The Hall–Kier alpha value is -1.91. The van der Waals surface area contributed by atoms with Gasteiger partial charge in [-0.1, -0.05) is 25.7 Å². The van der Waals surface area contributed by atoms with E-state index in [0.717, 1.165) is 25.7 Å². The van der Waals surface area contributed by atoms with Gasteiger partial charge in [-0.2, -0.15) is 0 Å². The van der Waals surface area contributed by atoms with Crippen LogP contribution in [0.25, 0.3) is 0 Å². The molecule has 20 heavy (non-hydrogen) atoms. The number of rotatable bonds is 3. The number of hydrogen-bond acceptors (Lipinski definition) is 3. The van der Waals surface area contributed by atoms with E-state index in [4.69, 9.17) is 5.11 Å². The summed E-state index contributed by atoms with van der Waals surface area (Å²) in [7, 11) is 1.75. The third-order valence-electron chi connectivity index (χ3n) is 3.93. The van der Waals surface area contributed by atoms with Gasteiger partial charge in [0.2, 0.25) is 0 Å². The van der Waals surface area contributed by atoms with Crippen LogP contribution in [-0.4, -0.2) is 40.0 Å². The van der Waals surface area contributed by atoms with Crippen LogP contribution in [0.1, 0.15) is 59.4 Å². The molecule has 1 heterocycles. The van der Waals surface area contributed by atoms with E-state index in [-0.39, 0.29) is 23.2 Å². The number of carbonyl (C=O) groups is 2. The van der Waals surface area contributed by atoms with Crippen LogP contribution in [0.4, 0.5) is 0 Å². The van der Waals surface area contributed by atoms with Crippen LogP contribution in [0, 0.1) is 0 Å². The maximum atomic E-state index is 12.5. The number of carboxylic acids is 1. The molecule has 5 heteroatoms. The van der Waals surface area contributed by atoms with E-state index < -0.39 is 5.97 Å². The molecule has 0 spiro atoms. The molecule has 1 aliphatic carbocycles. The smallest absolute Gasteiger partial charge is 0.338 e. The minimum Gasteiger partial charge on any atom is -0.478 e. The monoisotopic (exact) mass is 276 g/mol. The first kappa shape index (κ1) is 14.5. The Morgan fingerprint density at radius 1 is 1.25 bits per heavy atom. The summed E-state index contributed by atoms with van der Waals surface area (Å²) in [5.74, 6) is -1.41. The van der Waals surface area contributed by atoms with Gasteiger partial charge in [0.25, 0.3) is 5.91 Å². The topological polar surface area (TPSA) is 70.5 Å². The molecule has 1 aromatic heterocycles. The number of aromatic nitrogens is 1. The fraction of sp³-hybridized carbons (Fsp3) is 0.533. The quantitative estimate of drug-likeness (QED) is 0.861. The molecule has 1 N–H and O–H groups in total. The molecule has 0 aromatic carbocycles. The van der Waals surface area contributed by atoms with Crippen LogP contribution in [0.2, 0.25) is 0 Å². The number of amides is 1. The van der Waals surface area contributed by atoms with Gasteiger partial charge in [-0.3, -0.25) is 9.78 Å². The summed E-state index contributed by atoms with van der Waals surface area (Å²) in [6.45, 7) is 0. The van der Waals surface area contributed by atoms with Crippen molar-refractivity contribution < 1.29 is 14.7 Å². The van der Waals surface area contributed by atoms with Gasteiger partial charge in [-0.25, -0.2) is 4.79 Å². The minimum absolute atomic E-state index is 0.0297. The van der Waals surface area contributed by atoms with Gasteiger partial charge in [-0.05, 0) is 25.0 Å². The molecular formula is C15H20N2O3. The summed E-state index contributed by atoms with van der Waals surface area (Å²) in [5, 5.41) is 9.14. The van der Waals surface area contributed by atoms with E-state index in [9.17, 15) is 9.59 Å². The zero-order chi connectivity index (χ0) is 14.5. The van der Waals surface area contributed by atoms with Crippen LogP contribution in [0.3, 0.4) is 0 Å². The summed E-state index contributed by atoms with van der Waals surface area (Å²) >= 11 is 0. The predicted octanol–water partition coefficient (Wildman–Crippen LogP) is 2.57. The highest BCUT2D eigenvalue weighted by molar-refractivity contribution is 6.03. The van der Waals surface area contributed by atoms with E-state index in [1.165, 1.54) is 31.2 Å². The fourth-order valence-corrected chi connectivity index (χ4v) is 2.73. The van der Waals surface area contributed by atoms with Crippen LogP contribution in [0.5, 0.6) is 0 Å². The summed E-state index contributed by atoms with van der Waals surface area (Å²) in [6.07, 6.45) is 8.09. The van der Waals surface area contributed by atoms with Crippen molar-refractivity contribution in [1.29, 1.82) is 0 Å². The van der Waals surface area contributed by atoms with Gasteiger partial charge in [-0.15, -0.1) is 0 Å². The Bertz CT molecular complexity index is 494. The second-order valence-electron chi connectivity index (χ2n) is 5.27. The lowest BCUT2D eigenvalue weighted by Gasteiger charge is -2.27. The van der Waals surface area contributed by atoms with Crippen molar-refractivity contribution in [1.82, 2.24) is 9.88 Å². The highest BCUT2D eigenvalue weighted by Gasteiger charge is 2.26. The molecule has 108 valence electrons. The number of carbonyl (C=O) groups excluding carboxylic acids is 1. The van der Waals surface area contributed by atoms with Crippen molar-refractivity contribution in [2.45, 2.75) is 44.6 Å². The van der Waals surface area contributed by atoms with Gasteiger partial charge in [0.05, 0.1) is 5.56 Å². The molecule has 0 aliphatic heterocycles. The average Bonchev–Trinajstić information content (AvgIpc) is 2.74. The van der Waals surface area contributed by atoms with Crippen molar-refractivity contribution >= 4 is 11.9 Å². The fourth-order valence-electron chi connectivity index (χ4n) is 2.73. The molecule has 1 aromatic rings. The van der Waals surface area contributed by atoms with E-state index >= 15 is 0 Å². The molecule has 5 nitrogen and oxygen atoms in total. The third kappa shape index (κ3) is 3.15. The maximum Gasteiger partial charge on any atom is 0.338 e. The lowest BCUT2D eigenvalue weighted by Crippen LogP contribution is -2.38. The highest BCUT2D eigenvalue weighted by Crippen LogP contribution is 2.22. The number of hydrogen-bond donors (Lipinski definition) is 1. The largest absolute Gasteiger partial charge is 0.478 e. The van der Waals surface area contributed by atoms with Crippen molar-refractivity contribution in [3.63, 3.8) is 0 Å². The first-order chi connectivity index (χ1) is 9.61. The summed E-state index contributed by atoms with van der Waals surface area (Å²) in [5.41, 5.74) is 0.00437. The van der Waals surface area contributed by atoms with Gasteiger partial charge in [0.1, 0.15) is 5.69 Å². The molecule has 1 fully saturated rings. The van der Waals surface area contributed by atoms with Crippen molar-refractivity contribution in [3.8, 4) is 0 Å². The van der Waals surface area contributed by atoms with Crippen molar-refractivity contribution in [3.05, 3.63) is 29.6 Å². The molecule has 0 radical (unpaired) electrons. The lowest BCUT2D eigenvalue weighted by atomic mass is 10.1. The van der Waals surface area contributed by atoms with Crippen molar-refractivity contribution in [2.75, 3.05) is 7.05 Å². The molecule has 0 unspecified atom stereocenters. The number of carboxylic acid groups (broad SMARTS) is 1. The molecule has 1 aliphatic rings. The standard InChI is InChI=1S/C15H20N2O3/c1-17(11-7-4-2-3-5-8-11)14(18)13-12(15(19)20)9-6-10-16-13/h6,9-11H,2-5,7-8H2,1H3,(H,19,20). The molecule has 2 rings (SSSR count). The van der Waals surface area contributed by atoms with E-state index in [2.05, 4.69) is 4.98 Å². The zero-order valence-corrected chi connectivity index (χ0v) is 11.7. The minimum atomic E-state index is -1.12. The Morgan fingerprint density at radius 3 is 2.50 bits per heavy atom.